The van der Waals surface area contributed by atoms with Gasteiger partial charge in [0.25, 0.3) is 0 Å². The quantitative estimate of drug-likeness (QED) is 0.872. The minimum Gasteiger partial charge on any atom is -0.474 e. The first-order valence-electron chi connectivity index (χ1n) is 7.92. The Morgan fingerprint density at radius 3 is 2.83 bits per heavy atom. The highest BCUT2D eigenvalue weighted by Crippen LogP contribution is 2.31. The van der Waals surface area contributed by atoms with Crippen molar-refractivity contribution in [3.63, 3.8) is 0 Å². The number of thiazole rings is 1. The Hall–Kier alpha value is -1.95. The number of nitrogens with zero attached hydrogens (tertiary/aromatic N) is 2. The Bertz CT molecular complexity index is 721. The molecule has 2 aromatic rings. The molecule has 0 bridgehead atoms. The normalized spacial score (nSPS) is 16.6. The number of fused-ring (bicyclic) bond motifs is 1. The molecule has 5 nitrogen and oxygen atoms in total. The van der Waals surface area contributed by atoms with Crippen molar-refractivity contribution in [1.82, 2.24) is 9.88 Å². The molecule has 1 atom stereocenters. The first-order valence-corrected chi connectivity index (χ1v) is 8.80. The monoisotopic (exact) mass is 332 g/mol. The Balaban J connectivity index is 1.84. The van der Waals surface area contributed by atoms with Gasteiger partial charge in [-0.2, -0.15) is 0 Å². The molecule has 0 unspecified atom stereocenters. The molecule has 1 aromatic heterocycles. The minimum absolute atomic E-state index is 0.0627. The van der Waals surface area contributed by atoms with Gasteiger partial charge in [-0.05, 0) is 43.4 Å². The van der Waals surface area contributed by atoms with Crippen LogP contribution in [0, 0.1) is 5.92 Å². The smallest absolute Gasteiger partial charge is 0.394 e. The lowest BCUT2D eigenvalue weighted by Gasteiger charge is -2.32. The fourth-order valence-corrected chi connectivity index (χ4v) is 4.08. The molecule has 1 aliphatic rings. The Kier molecular flexibility index (Phi) is 4.61. The van der Waals surface area contributed by atoms with E-state index in [9.17, 15) is 9.59 Å². The fourth-order valence-electron chi connectivity index (χ4n) is 3.42. The summed E-state index contributed by atoms with van der Waals surface area (Å²) >= 11 is 1.57. The number of hydrogen-bond donors (Lipinski definition) is 1. The number of carbonyl (C=O) groups excluding carboxylic acids is 1. The van der Waals surface area contributed by atoms with Crippen LogP contribution in [0.3, 0.4) is 0 Å². The maximum Gasteiger partial charge on any atom is 0.394 e. The van der Waals surface area contributed by atoms with Crippen molar-refractivity contribution in [2.75, 3.05) is 0 Å². The molecule has 1 aliphatic carbocycles. The molecule has 1 aromatic carbocycles. The van der Waals surface area contributed by atoms with Crippen molar-refractivity contribution in [2.45, 2.75) is 45.2 Å². The standard InChI is InChI=1S/C17H20N2O3S/c1-11(13-4-2-3-5-13)19(16(20)17(21)22)9-12-6-7-15-14(8-12)18-10-23-15/h6-8,10-11,13H,2-5,9H2,1H3,(H,21,22)/t11-/m0/s1. The number of carboxylic acids is 1. The zero-order chi connectivity index (χ0) is 16.4. The summed E-state index contributed by atoms with van der Waals surface area (Å²) in [7, 11) is 0. The van der Waals surface area contributed by atoms with Gasteiger partial charge in [0, 0.05) is 12.6 Å². The number of carbonyl (C=O) groups is 2. The van der Waals surface area contributed by atoms with Gasteiger partial charge in [-0.25, -0.2) is 9.78 Å². The maximum absolute atomic E-state index is 12.2. The average molecular weight is 332 g/mol. The van der Waals surface area contributed by atoms with Gasteiger partial charge in [0.05, 0.1) is 15.7 Å². The van der Waals surface area contributed by atoms with Gasteiger partial charge >= 0.3 is 11.9 Å². The highest BCUT2D eigenvalue weighted by Gasteiger charge is 2.32. The van der Waals surface area contributed by atoms with Gasteiger partial charge in [0.2, 0.25) is 0 Å². The second-order valence-electron chi connectivity index (χ2n) is 6.18. The van der Waals surface area contributed by atoms with Gasteiger partial charge in [-0.3, -0.25) is 4.79 Å². The first-order chi connectivity index (χ1) is 11.1. The Morgan fingerprint density at radius 1 is 1.39 bits per heavy atom. The van der Waals surface area contributed by atoms with Crippen molar-refractivity contribution in [2.24, 2.45) is 5.92 Å². The van der Waals surface area contributed by atoms with Gasteiger partial charge in [0.15, 0.2) is 0 Å². The average Bonchev–Trinajstić information content (AvgIpc) is 3.21. The van der Waals surface area contributed by atoms with E-state index < -0.39 is 11.9 Å². The van der Waals surface area contributed by atoms with E-state index in [4.69, 9.17) is 5.11 Å². The molecular weight excluding hydrogens is 312 g/mol. The van der Waals surface area contributed by atoms with Crippen LogP contribution < -0.4 is 0 Å². The summed E-state index contributed by atoms with van der Waals surface area (Å²) < 4.78 is 1.09. The number of aromatic nitrogens is 1. The topological polar surface area (TPSA) is 70.5 Å². The van der Waals surface area contributed by atoms with E-state index in [1.54, 1.807) is 16.8 Å². The molecule has 6 heteroatoms. The molecule has 1 saturated carbocycles. The predicted molar refractivity (Wildman–Crippen MR) is 89.2 cm³/mol. The van der Waals surface area contributed by atoms with Crippen LogP contribution in [0.5, 0.6) is 0 Å². The molecule has 3 rings (SSSR count). The van der Waals surface area contributed by atoms with Crippen LogP contribution in [0.25, 0.3) is 10.2 Å². The molecule has 0 radical (unpaired) electrons. The van der Waals surface area contributed by atoms with Crippen molar-refractivity contribution >= 4 is 33.4 Å². The molecule has 0 saturated heterocycles. The lowest BCUT2D eigenvalue weighted by molar-refractivity contribution is -0.158. The van der Waals surface area contributed by atoms with E-state index in [0.29, 0.717) is 12.5 Å². The molecule has 1 amide bonds. The zero-order valence-electron chi connectivity index (χ0n) is 13.1. The number of aliphatic carboxylic acids is 1. The van der Waals surface area contributed by atoms with E-state index in [1.807, 2.05) is 25.1 Å². The predicted octanol–water partition coefficient (Wildman–Crippen LogP) is 3.29. The molecule has 0 spiro atoms. The summed E-state index contributed by atoms with van der Waals surface area (Å²) in [6.45, 7) is 2.29. The van der Waals surface area contributed by atoms with Crippen LogP contribution in [0.2, 0.25) is 0 Å². The van der Waals surface area contributed by atoms with E-state index in [-0.39, 0.29) is 6.04 Å². The number of amides is 1. The van der Waals surface area contributed by atoms with Crippen LogP contribution in [0.4, 0.5) is 0 Å². The van der Waals surface area contributed by atoms with Gasteiger partial charge < -0.3 is 10.0 Å². The number of benzene rings is 1. The van der Waals surface area contributed by atoms with Gasteiger partial charge in [-0.1, -0.05) is 18.9 Å². The summed E-state index contributed by atoms with van der Waals surface area (Å²) in [5.74, 6) is -1.81. The summed E-state index contributed by atoms with van der Waals surface area (Å²) in [6.07, 6.45) is 4.45. The number of rotatable bonds is 4. The Labute approximate surface area is 138 Å². The summed E-state index contributed by atoms with van der Waals surface area (Å²) in [5.41, 5.74) is 3.60. The number of carboxylic acid groups (broad SMARTS) is 1. The number of hydrogen-bond acceptors (Lipinski definition) is 4. The summed E-state index contributed by atoms with van der Waals surface area (Å²) in [6, 6.07) is 5.80. The first kappa shape index (κ1) is 15.9. The van der Waals surface area contributed by atoms with Crippen LogP contribution >= 0.6 is 11.3 Å². The molecule has 122 valence electrons. The minimum atomic E-state index is -1.38. The Morgan fingerprint density at radius 2 is 2.13 bits per heavy atom. The van der Waals surface area contributed by atoms with E-state index in [1.165, 1.54) is 4.90 Å². The highest BCUT2D eigenvalue weighted by atomic mass is 32.1. The van der Waals surface area contributed by atoms with Gasteiger partial charge in [-0.15, -0.1) is 11.3 Å². The maximum atomic E-state index is 12.2. The van der Waals surface area contributed by atoms with Gasteiger partial charge in [0.1, 0.15) is 0 Å². The SMILES string of the molecule is C[C@@H](C1CCCC1)N(Cc1ccc2scnc2c1)C(=O)C(=O)O. The summed E-state index contributed by atoms with van der Waals surface area (Å²) in [4.78, 5) is 29.2. The van der Waals surface area contributed by atoms with Crippen molar-refractivity contribution in [1.29, 1.82) is 0 Å². The van der Waals surface area contributed by atoms with Crippen molar-refractivity contribution in [3.8, 4) is 0 Å². The molecule has 0 aliphatic heterocycles. The highest BCUT2D eigenvalue weighted by molar-refractivity contribution is 7.16. The summed E-state index contributed by atoms with van der Waals surface area (Å²) in [5, 5.41) is 9.16. The lowest BCUT2D eigenvalue weighted by Crippen LogP contribution is -2.45. The van der Waals surface area contributed by atoms with E-state index in [0.717, 1.165) is 41.5 Å². The molecule has 1 heterocycles. The van der Waals surface area contributed by atoms with Crippen LogP contribution in [0.15, 0.2) is 23.7 Å². The second kappa shape index (κ2) is 6.66. The van der Waals surface area contributed by atoms with E-state index in [2.05, 4.69) is 4.98 Å². The molecule has 1 N–H and O–H groups in total. The third-order valence-electron chi connectivity index (χ3n) is 4.77. The van der Waals surface area contributed by atoms with E-state index >= 15 is 0 Å². The lowest BCUT2D eigenvalue weighted by atomic mass is 9.97. The van der Waals surface area contributed by atoms with Crippen LogP contribution in [-0.2, 0) is 16.1 Å². The fraction of sp³-hybridized carbons (Fsp3) is 0.471. The zero-order valence-corrected chi connectivity index (χ0v) is 13.9. The molecule has 1 fully saturated rings. The second-order valence-corrected chi connectivity index (χ2v) is 7.06. The third-order valence-corrected chi connectivity index (χ3v) is 5.58. The van der Waals surface area contributed by atoms with Crippen LogP contribution in [-0.4, -0.2) is 32.9 Å². The van der Waals surface area contributed by atoms with Crippen molar-refractivity contribution in [3.05, 3.63) is 29.3 Å². The van der Waals surface area contributed by atoms with Crippen LogP contribution in [0.1, 0.15) is 38.2 Å². The molecular formula is C17H20N2O3S. The molecule has 23 heavy (non-hydrogen) atoms. The third kappa shape index (κ3) is 3.37. The van der Waals surface area contributed by atoms with Crippen molar-refractivity contribution < 1.29 is 14.7 Å². The largest absolute Gasteiger partial charge is 0.474 e.